The van der Waals surface area contributed by atoms with Crippen molar-refractivity contribution in [3.8, 4) is 16.2 Å². The number of anilines is 1. The number of aromatic nitrogens is 3. The van der Waals surface area contributed by atoms with Gasteiger partial charge in [0.25, 0.3) is 5.91 Å². The zero-order valence-corrected chi connectivity index (χ0v) is 15.6. The van der Waals surface area contributed by atoms with Crippen LogP contribution in [0, 0.1) is 0 Å². The molecular formula is C21H16N4O2S. The van der Waals surface area contributed by atoms with E-state index in [0.717, 1.165) is 33.0 Å². The van der Waals surface area contributed by atoms with Gasteiger partial charge in [-0.25, -0.2) is 9.67 Å². The number of thiophene rings is 1. The fraction of sp³-hybridized carbons (Fsp3) is 0.0952. The van der Waals surface area contributed by atoms with Crippen LogP contribution in [-0.4, -0.2) is 20.7 Å². The molecule has 138 valence electrons. The Hall–Kier alpha value is -3.45. The highest BCUT2D eigenvalue weighted by molar-refractivity contribution is 7.17. The molecule has 4 aromatic rings. The maximum Gasteiger partial charge on any atom is 0.265 e. The zero-order valence-electron chi connectivity index (χ0n) is 14.8. The van der Waals surface area contributed by atoms with Crippen LogP contribution >= 0.6 is 11.3 Å². The molecule has 0 atom stereocenters. The third-order valence-electron chi connectivity index (χ3n) is 4.54. The second-order valence-electron chi connectivity index (χ2n) is 6.50. The second kappa shape index (κ2) is 6.94. The number of hydrogen-bond acceptors (Lipinski definition) is 5. The summed E-state index contributed by atoms with van der Waals surface area (Å²) in [5.74, 6) is 0.749. The quantitative estimate of drug-likeness (QED) is 0.569. The number of amides is 1. The highest BCUT2D eigenvalue weighted by Crippen LogP contribution is 2.42. The molecule has 0 fully saturated rings. The van der Waals surface area contributed by atoms with E-state index in [0.29, 0.717) is 18.0 Å². The summed E-state index contributed by atoms with van der Waals surface area (Å²) in [5.41, 5.74) is 3.89. The number of hydrogen-bond donors (Lipinski definition) is 1. The number of fused-ring (bicyclic) bond motifs is 3. The molecule has 2 aromatic heterocycles. The molecule has 1 amide bonds. The summed E-state index contributed by atoms with van der Waals surface area (Å²) in [4.78, 5) is 18.5. The number of benzene rings is 2. The molecule has 1 aliphatic rings. The van der Waals surface area contributed by atoms with Crippen molar-refractivity contribution in [2.24, 2.45) is 0 Å². The Bertz CT molecular complexity index is 1150. The minimum atomic E-state index is -0.116. The molecule has 0 saturated carbocycles. The lowest BCUT2D eigenvalue weighted by Crippen LogP contribution is -2.10. The van der Waals surface area contributed by atoms with E-state index in [2.05, 4.69) is 15.4 Å². The summed E-state index contributed by atoms with van der Waals surface area (Å²) in [5, 5.41) is 7.11. The molecule has 0 radical (unpaired) electrons. The van der Waals surface area contributed by atoms with Crippen LogP contribution < -0.4 is 10.1 Å². The van der Waals surface area contributed by atoms with E-state index in [4.69, 9.17) is 4.74 Å². The first kappa shape index (κ1) is 16.7. The van der Waals surface area contributed by atoms with Gasteiger partial charge in [0.2, 0.25) is 0 Å². The van der Waals surface area contributed by atoms with Gasteiger partial charge in [-0.1, -0.05) is 24.3 Å². The predicted octanol–water partition coefficient (Wildman–Crippen LogP) is 4.20. The molecule has 28 heavy (non-hydrogen) atoms. The predicted molar refractivity (Wildman–Crippen MR) is 108 cm³/mol. The van der Waals surface area contributed by atoms with Crippen LogP contribution in [0.15, 0.2) is 67.3 Å². The Morgan fingerprint density at radius 1 is 1.18 bits per heavy atom. The van der Waals surface area contributed by atoms with E-state index in [1.165, 1.54) is 17.7 Å². The zero-order chi connectivity index (χ0) is 18.9. The number of para-hydroxylation sites is 1. The molecule has 5 rings (SSSR count). The van der Waals surface area contributed by atoms with Crippen LogP contribution in [0.25, 0.3) is 10.4 Å². The summed E-state index contributed by atoms with van der Waals surface area (Å²) in [6, 6.07) is 17.6. The Kier molecular flexibility index (Phi) is 4.14. The Morgan fingerprint density at radius 3 is 3.00 bits per heavy atom. The van der Waals surface area contributed by atoms with Crippen molar-refractivity contribution in [1.29, 1.82) is 0 Å². The third-order valence-corrected chi connectivity index (χ3v) is 5.75. The minimum Gasteiger partial charge on any atom is -0.488 e. The highest BCUT2D eigenvalue weighted by Gasteiger charge is 2.22. The lowest BCUT2D eigenvalue weighted by Gasteiger charge is -2.16. The van der Waals surface area contributed by atoms with Gasteiger partial charge in [0.15, 0.2) is 0 Å². The second-order valence-corrected chi connectivity index (χ2v) is 7.55. The molecule has 3 heterocycles. The lowest BCUT2D eigenvalue weighted by atomic mass is 10.1. The summed E-state index contributed by atoms with van der Waals surface area (Å²) in [7, 11) is 0. The van der Waals surface area contributed by atoms with E-state index >= 15 is 0 Å². The van der Waals surface area contributed by atoms with Crippen LogP contribution in [0.2, 0.25) is 0 Å². The summed E-state index contributed by atoms with van der Waals surface area (Å²) < 4.78 is 7.53. The van der Waals surface area contributed by atoms with Crippen LogP contribution in [0.1, 0.15) is 20.8 Å². The molecule has 0 saturated heterocycles. The number of rotatable bonds is 4. The summed E-state index contributed by atoms with van der Waals surface area (Å²) in [6.45, 7) is 1.09. The van der Waals surface area contributed by atoms with Crippen molar-refractivity contribution in [3.63, 3.8) is 0 Å². The fourth-order valence-corrected chi connectivity index (χ4v) is 4.35. The molecule has 2 aromatic carbocycles. The normalized spacial score (nSPS) is 12.0. The van der Waals surface area contributed by atoms with E-state index in [9.17, 15) is 4.79 Å². The molecule has 0 spiro atoms. The topological polar surface area (TPSA) is 69.0 Å². The summed E-state index contributed by atoms with van der Waals surface area (Å²) >= 11 is 1.50. The van der Waals surface area contributed by atoms with E-state index in [-0.39, 0.29) is 5.91 Å². The van der Waals surface area contributed by atoms with Gasteiger partial charge < -0.3 is 10.1 Å². The molecule has 0 bridgehead atoms. The molecule has 7 heteroatoms. The van der Waals surface area contributed by atoms with E-state index < -0.39 is 0 Å². The third kappa shape index (κ3) is 3.16. The molecule has 0 unspecified atom stereocenters. The number of carbonyl (C=O) groups is 1. The van der Waals surface area contributed by atoms with Gasteiger partial charge in [-0.2, -0.15) is 5.10 Å². The number of nitrogens with one attached hydrogen (secondary N) is 1. The van der Waals surface area contributed by atoms with Crippen molar-refractivity contribution in [2.45, 2.75) is 13.2 Å². The van der Waals surface area contributed by atoms with E-state index in [1.807, 2.05) is 54.6 Å². The highest BCUT2D eigenvalue weighted by atomic mass is 32.1. The van der Waals surface area contributed by atoms with Crippen LogP contribution in [-0.2, 0) is 13.2 Å². The SMILES string of the molecule is O=C(Nc1cccc(Cn2cncn2)c1)c1cc2c(s1)-c1ccccc1OC2. The van der Waals surface area contributed by atoms with Gasteiger partial charge >= 0.3 is 0 Å². The van der Waals surface area contributed by atoms with Crippen LogP contribution in [0.5, 0.6) is 5.75 Å². The van der Waals surface area contributed by atoms with Gasteiger partial charge in [0.1, 0.15) is 25.0 Å². The van der Waals surface area contributed by atoms with Gasteiger partial charge in [-0.15, -0.1) is 11.3 Å². The minimum absolute atomic E-state index is 0.116. The Labute approximate surface area is 165 Å². The maximum atomic E-state index is 12.8. The fourth-order valence-electron chi connectivity index (χ4n) is 3.25. The smallest absolute Gasteiger partial charge is 0.265 e. The van der Waals surface area contributed by atoms with Crippen LogP contribution in [0.4, 0.5) is 5.69 Å². The van der Waals surface area contributed by atoms with Gasteiger partial charge in [0.05, 0.1) is 11.4 Å². The van der Waals surface area contributed by atoms with Crippen molar-refractivity contribution in [1.82, 2.24) is 14.8 Å². The first-order valence-electron chi connectivity index (χ1n) is 8.84. The standard InChI is InChI=1S/C21H16N4O2S/c26-21(24-16-5-3-4-14(8-16)10-25-13-22-12-23-25)19-9-15-11-27-18-7-2-1-6-17(18)20(15)28-19/h1-9,12-13H,10-11H2,(H,24,26). The molecular weight excluding hydrogens is 372 g/mol. The van der Waals surface area contributed by atoms with E-state index in [1.54, 1.807) is 11.0 Å². The number of ether oxygens (including phenoxy) is 1. The molecule has 6 nitrogen and oxygen atoms in total. The van der Waals surface area contributed by atoms with Crippen molar-refractivity contribution >= 4 is 22.9 Å². The summed E-state index contributed by atoms with van der Waals surface area (Å²) in [6.07, 6.45) is 3.17. The average molecular weight is 388 g/mol. The Balaban J connectivity index is 1.37. The van der Waals surface area contributed by atoms with Crippen LogP contribution in [0.3, 0.4) is 0 Å². The first-order valence-corrected chi connectivity index (χ1v) is 9.65. The maximum absolute atomic E-state index is 12.8. The van der Waals surface area contributed by atoms with Gasteiger partial charge in [-0.3, -0.25) is 4.79 Å². The monoisotopic (exact) mass is 388 g/mol. The average Bonchev–Trinajstić information content (AvgIpc) is 3.38. The molecule has 1 N–H and O–H groups in total. The number of carbonyl (C=O) groups excluding carboxylic acids is 1. The molecule has 1 aliphatic heterocycles. The first-order chi connectivity index (χ1) is 13.8. The van der Waals surface area contributed by atoms with Crippen molar-refractivity contribution < 1.29 is 9.53 Å². The van der Waals surface area contributed by atoms with Gasteiger partial charge in [-0.05, 0) is 35.9 Å². The van der Waals surface area contributed by atoms with Crippen molar-refractivity contribution in [2.75, 3.05) is 5.32 Å². The van der Waals surface area contributed by atoms with Gasteiger partial charge in [0, 0.05) is 21.7 Å². The molecule has 0 aliphatic carbocycles. The van der Waals surface area contributed by atoms with Crippen molar-refractivity contribution in [3.05, 3.63) is 83.3 Å². The Morgan fingerprint density at radius 2 is 2.11 bits per heavy atom. The largest absolute Gasteiger partial charge is 0.488 e. The number of nitrogens with zero attached hydrogens (tertiary/aromatic N) is 3. The lowest BCUT2D eigenvalue weighted by molar-refractivity contribution is 0.103.